The number of anilines is 1. The zero-order chi connectivity index (χ0) is 23.3. The van der Waals surface area contributed by atoms with E-state index in [1.807, 2.05) is 12.1 Å². The summed E-state index contributed by atoms with van der Waals surface area (Å²) in [4.78, 5) is 4.76. The fourth-order valence-corrected chi connectivity index (χ4v) is 4.98. The molecule has 3 aromatic rings. The lowest BCUT2D eigenvalue weighted by Gasteiger charge is -2.33. The number of hydrogen-bond donors (Lipinski definition) is 2. The maximum absolute atomic E-state index is 9.98. The van der Waals surface area contributed by atoms with Crippen molar-refractivity contribution in [3.8, 4) is 11.5 Å². The molecule has 2 aliphatic heterocycles. The minimum atomic E-state index is -0.201. The first kappa shape index (κ1) is 23.0. The van der Waals surface area contributed by atoms with Crippen LogP contribution in [0.25, 0.3) is 10.8 Å². The van der Waals surface area contributed by atoms with E-state index < -0.39 is 0 Å². The number of nitrogens with zero attached hydrogens (tertiary/aromatic N) is 2. The third kappa shape index (κ3) is 5.46. The van der Waals surface area contributed by atoms with Gasteiger partial charge in [-0.05, 0) is 65.1 Å². The molecule has 0 aromatic heterocycles. The summed E-state index contributed by atoms with van der Waals surface area (Å²) in [5.41, 5.74) is 3.70. The number of hydrogen-bond acceptors (Lipinski definition) is 6. The Morgan fingerprint density at radius 1 is 0.912 bits per heavy atom. The zero-order valence-corrected chi connectivity index (χ0v) is 19.7. The minimum Gasteiger partial charge on any atom is -0.508 e. The van der Waals surface area contributed by atoms with Gasteiger partial charge in [-0.2, -0.15) is 0 Å². The number of piperidine rings is 1. The van der Waals surface area contributed by atoms with Crippen molar-refractivity contribution in [2.45, 2.75) is 25.4 Å². The smallest absolute Gasteiger partial charge is 0.119 e. The zero-order valence-electron chi connectivity index (χ0n) is 19.7. The van der Waals surface area contributed by atoms with Crippen LogP contribution in [-0.4, -0.2) is 73.8 Å². The van der Waals surface area contributed by atoms with Crippen molar-refractivity contribution in [3.05, 3.63) is 65.7 Å². The first-order chi connectivity index (χ1) is 16.7. The topological polar surface area (TPSA) is 65.4 Å². The molecule has 0 saturated carbocycles. The Balaban J connectivity index is 1.32. The molecule has 2 fully saturated rings. The standard InChI is InChI=1S/C28H34N2O4/c31-23-9-11-30(12-10-23)28-8-3-22-20-24(32)4-7-26(22)27(28)19-21-1-5-25(6-2-21)34-18-15-29-13-16-33-17-14-29/h1-8,20,23,31-32H,9-19H2. The number of rotatable bonds is 7. The average molecular weight is 463 g/mol. The van der Waals surface area contributed by atoms with Crippen LogP contribution >= 0.6 is 0 Å². The van der Waals surface area contributed by atoms with E-state index in [0.29, 0.717) is 6.61 Å². The van der Waals surface area contributed by atoms with Crippen LogP contribution in [0.4, 0.5) is 5.69 Å². The first-order valence-corrected chi connectivity index (χ1v) is 12.4. The Morgan fingerprint density at radius 2 is 1.68 bits per heavy atom. The van der Waals surface area contributed by atoms with Crippen LogP contribution in [-0.2, 0) is 11.2 Å². The van der Waals surface area contributed by atoms with Crippen molar-refractivity contribution >= 4 is 16.5 Å². The summed E-state index contributed by atoms with van der Waals surface area (Å²) >= 11 is 0. The third-order valence-corrected chi connectivity index (χ3v) is 6.98. The summed E-state index contributed by atoms with van der Waals surface area (Å²) in [5, 5.41) is 22.1. The van der Waals surface area contributed by atoms with Crippen LogP contribution in [0.5, 0.6) is 11.5 Å². The summed E-state index contributed by atoms with van der Waals surface area (Å²) in [7, 11) is 0. The number of phenols is 1. The highest BCUT2D eigenvalue weighted by Gasteiger charge is 2.21. The summed E-state index contributed by atoms with van der Waals surface area (Å²) in [6, 6.07) is 18.3. The van der Waals surface area contributed by atoms with Gasteiger partial charge in [-0.25, -0.2) is 0 Å². The summed E-state index contributed by atoms with van der Waals surface area (Å²) in [5.74, 6) is 1.18. The number of morpholine rings is 1. The van der Waals surface area contributed by atoms with Gasteiger partial charge >= 0.3 is 0 Å². The minimum absolute atomic E-state index is 0.201. The lowest BCUT2D eigenvalue weighted by Crippen LogP contribution is -2.38. The number of fused-ring (bicyclic) bond motifs is 1. The van der Waals surface area contributed by atoms with Gasteiger partial charge < -0.3 is 24.6 Å². The van der Waals surface area contributed by atoms with Crippen LogP contribution in [0, 0.1) is 0 Å². The first-order valence-electron chi connectivity index (χ1n) is 12.4. The average Bonchev–Trinajstić information content (AvgIpc) is 2.86. The molecule has 0 unspecified atom stereocenters. The fraction of sp³-hybridized carbons (Fsp3) is 0.429. The van der Waals surface area contributed by atoms with Gasteiger partial charge in [0.25, 0.3) is 0 Å². The predicted octanol–water partition coefficient (Wildman–Crippen LogP) is 3.81. The lowest BCUT2D eigenvalue weighted by molar-refractivity contribution is 0.0322. The molecule has 2 heterocycles. The van der Waals surface area contributed by atoms with Gasteiger partial charge in [0.1, 0.15) is 18.1 Å². The van der Waals surface area contributed by atoms with Gasteiger partial charge in [0.15, 0.2) is 0 Å². The monoisotopic (exact) mass is 462 g/mol. The molecule has 0 amide bonds. The Hall–Kier alpha value is -2.80. The molecule has 6 nitrogen and oxygen atoms in total. The Labute approximate surface area is 201 Å². The maximum Gasteiger partial charge on any atom is 0.119 e. The Kier molecular flexibility index (Phi) is 7.19. The van der Waals surface area contributed by atoms with Crippen molar-refractivity contribution in [2.24, 2.45) is 0 Å². The quantitative estimate of drug-likeness (QED) is 0.557. The van der Waals surface area contributed by atoms with Gasteiger partial charge in [-0.15, -0.1) is 0 Å². The van der Waals surface area contributed by atoms with E-state index in [0.717, 1.165) is 81.7 Å². The number of benzene rings is 3. The molecule has 180 valence electrons. The Morgan fingerprint density at radius 3 is 2.44 bits per heavy atom. The molecular formula is C28H34N2O4. The molecule has 2 N–H and O–H groups in total. The van der Waals surface area contributed by atoms with Crippen molar-refractivity contribution in [2.75, 3.05) is 57.4 Å². The van der Waals surface area contributed by atoms with E-state index in [1.54, 1.807) is 6.07 Å². The number of phenolic OH excluding ortho intramolecular Hbond substituents is 1. The van der Waals surface area contributed by atoms with Crippen LogP contribution in [0.2, 0.25) is 0 Å². The van der Waals surface area contributed by atoms with E-state index in [1.165, 1.54) is 16.8 Å². The SMILES string of the molecule is Oc1ccc2c(Cc3ccc(OCCN4CCOCC4)cc3)c(N3CCC(O)CC3)ccc2c1. The second-order valence-electron chi connectivity index (χ2n) is 9.31. The third-order valence-electron chi connectivity index (χ3n) is 6.98. The molecule has 34 heavy (non-hydrogen) atoms. The lowest BCUT2D eigenvalue weighted by atomic mass is 9.94. The molecule has 0 spiro atoms. The van der Waals surface area contributed by atoms with E-state index in [4.69, 9.17) is 9.47 Å². The molecule has 6 heteroatoms. The highest BCUT2D eigenvalue weighted by molar-refractivity contribution is 5.91. The molecule has 0 bridgehead atoms. The molecule has 0 atom stereocenters. The number of aromatic hydroxyl groups is 1. The van der Waals surface area contributed by atoms with Crippen LogP contribution in [0.3, 0.4) is 0 Å². The second-order valence-corrected chi connectivity index (χ2v) is 9.31. The molecule has 0 radical (unpaired) electrons. The number of aliphatic hydroxyl groups excluding tert-OH is 1. The molecule has 2 saturated heterocycles. The summed E-state index contributed by atoms with van der Waals surface area (Å²) in [6.45, 7) is 6.87. The summed E-state index contributed by atoms with van der Waals surface area (Å²) < 4.78 is 11.4. The largest absolute Gasteiger partial charge is 0.508 e. The van der Waals surface area contributed by atoms with Gasteiger partial charge in [0.05, 0.1) is 19.3 Å². The molecule has 5 rings (SSSR count). The van der Waals surface area contributed by atoms with Crippen LogP contribution in [0.1, 0.15) is 24.0 Å². The van der Waals surface area contributed by atoms with E-state index in [-0.39, 0.29) is 11.9 Å². The van der Waals surface area contributed by atoms with E-state index >= 15 is 0 Å². The second kappa shape index (κ2) is 10.6. The Bertz CT molecular complexity index is 1090. The molecule has 3 aromatic carbocycles. The number of aliphatic hydroxyl groups is 1. The van der Waals surface area contributed by atoms with Crippen LogP contribution in [0.15, 0.2) is 54.6 Å². The van der Waals surface area contributed by atoms with Crippen molar-refractivity contribution in [1.82, 2.24) is 4.90 Å². The fourth-order valence-electron chi connectivity index (χ4n) is 4.98. The number of ether oxygens (including phenoxy) is 2. The maximum atomic E-state index is 9.98. The van der Waals surface area contributed by atoms with Crippen molar-refractivity contribution < 1.29 is 19.7 Å². The molecular weight excluding hydrogens is 428 g/mol. The van der Waals surface area contributed by atoms with Crippen molar-refractivity contribution in [1.29, 1.82) is 0 Å². The molecule has 2 aliphatic rings. The summed E-state index contributed by atoms with van der Waals surface area (Å²) in [6.07, 6.45) is 2.19. The molecule has 0 aliphatic carbocycles. The van der Waals surface area contributed by atoms with Gasteiger partial charge in [0, 0.05) is 44.8 Å². The van der Waals surface area contributed by atoms with Gasteiger partial charge in [-0.1, -0.05) is 24.3 Å². The highest BCUT2D eigenvalue weighted by Crippen LogP contribution is 2.34. The highest BCUT2D eigenvalue weighted by atomic mass is 16.5. The van der Waals surface area contributed by atoms with Gasteiger partial charge in [0.2, 0.25) is 0 Å². The normalized spacial score (nSPS) is 17.9. The van der Waals surface area contributed by atoms with Crippen LogP contribution < -0.4 is 9.64 Å². The van der Waals surface area contributed by atoms with Gasteiger partial charge in [-0.3, -0.25) is 4.90 Å². The van der Waals surface area contributed by atoms with E-state index in [2.05, 4.69) is 46.2 Å². The predicted molar refractivity (Wildman–Crippen MR) is 135 cm³/mol. The van der Waals surface area contributed by atoms with Crippen molar-refractivity contribution in [3.63, 3.8) is 0 Å². The van der Waals surface area contributed by atoms with E-state index in [9.17, 15) is 10.2 Å².